The van der Waals surface area contributed by atoms with Crippen molar-refractivity contribution in [3.8, 4) is 0 Å². The van der Waals surface area contributed by atoms with Crippen LogP contribution in [0.15, 0.2) is 30.3 Å². The molecule has 0 fully saturated rings. The number of hydrogen-bond acceptors (Lipinski definition) is 2. The summed E-state index contributed by atoms with van der Waals surface area (Å²) in [7, 11) is 0. The molecule has 0 aliphatic carbocycles. The summed E-state index contributed by atoms with van der Waals surface area (Å²) in [6.07, 6.45) is 3.51. The van der Waals surface area contributed by atoms with Crippen LogP contribution in [-0.2, 0) is 0 Å². The molecule has 3 heteroatoms. The van der Waals surface area contributed by atoms with Crippen molar-refractivity contribution < 1.29 is 4.79 Å². The number of hydrogen-bond donors (Lipinski definition) is 1. The van der Waals surface area contributed by atoms with Crippen molar-refractivity contribution in [2.45, 2.75) is 26.2 Å². The number of nitrogens with one attached hydrogen (secondary N) is 1. The molecule has 0 spiro atoms. The molecule has 0 aliphatic rings. The van der Waals surface area contributed by atoms with Crippen LogP contribution in [0.1, 0.15) is 26.2 Å². The van der Waals surface area contributed by atoms with E-state index in [0.29, 0.717) is 0 Å². The molecule has 1 aromatic rings. The largest absolute Gasteiger partial charge is 0.317 e. The summed E-state index contributed by atoms with van der Waals surface area (Å²) >= 11 is 1.36. The van der Waals surface area contributed by atoms with Gasteiger partial charge in [0.25, 0.3) is 5.24 Å². The first-order chi connectivity index (χ1) is 7.33. The zero-order valence-corrected chi connectivity index (χ0v) is 9.85. The van der Waals surface area contributed by atoms with Crippen LogP contribution in [-0.4, -0.2) is 11.0 Å². The number of anilines is 1. The Kier molecular flexibility index (Phi) is 5.93. The summed E-state index contributed by atoms with van der Waals surface area (Å²) in [4.78, 5) is 11.4. The summed E-state index contributed by atoms with van der Waals surface area (Å²) in [5.74, 6) is 0.909. The molecule has 0 atom stereocenters. The summed E-state index contributed by atoms with van der Waals surface area (Å²) in [5.41, 5.74) is 0.866. The fourth-order valence-electron chi connectivity index (χ4n) is 1.19. The lowest BCUT2D eigenvalue weighted by Crippen LogP contribution is -2.05. The molecule has 0 aromatic heterocycles. The molecule has 0 heterocycles. The van der Waals surface area contributed by atoms with Gasteiger partial charge in [-0.05, 0) is 18.6 Å². The first kappa shape index (κ1) is 12.1. The van der Waals surface area contributed by atoms with Gasteiger partial charge in [-0.1, -0.05) is 49.7 Å². The molecule has 0 saturated heterocycles. The minimum absolute atomic E-state index is 0.0392. The third-order valence-electron chi connectivity index (χ3n) is 2.00. The molecule has 0 radical (unpaired) electrons. The van der Waals surface area contributed by atoms with Crippen molar-refractivity contribution in [1.29, 1.82) is 0 Å². The van der Waals surface area contributed by atoms with Gasteiger partial charge in [0, 0.05) is 11.4 Å². The number of thioether (sulfide) groups is 1. The van der Waals surface area contributed by atoms with E-state index in [1.165, 1.54) is 24.6 Å². The molecule has 0 unspecified atom stereocenters. The Morgan fingerprint density at radius 2 is 2.00 bits per heavy atom. The lowest BCUT2D eigenvalue weighted by atomic mass is 10.3. The zero-order valence-electron chi connectivity index (χ0n) is 9.03. The minimum atomic E-state index is 0.0392. The number of rotatable bonds is 5. The van der Waals surface area contributed by atoms with E-state index in [9.17, 15) is 4.79 Å². The number of para-hydroxylation sites is 1. The van der Waals surface area contributed by atoms with Crippen molar-refractivity contribution in [2.24, 2.45) is 0 Å². The van der Waals surface area contributed by atoms with Crippen LogP contribution in [0.3, 0.4) is 0 Å². The van der Waals surface area contributed by atoms with Crippen LogP contribution in [0.4, 0.5) is 10.5 Å². The standard InChI is InChI=1S/C12H17NOS/c1-2-3-7-10-15-12(14)13-11-8-5-4-6-9-11/h4-6,8-9H,2-3,7,10H2,1H3,(H,13,14). The van der Waals surface area contributed by atoms with Crippen LogP contribution in [0.25, 0.3) is 0 Å². The highest BCUT2D eigenvalue weighted by molar-refractivity contribution is 8.13. The Labute approximate surface area is 95.5 Å². The number of carbonyl (C=O) groups excluding carboxylic acids is 1. The predicted octanol–water partition coefficient (Wildman–Crippen LogP) is 4.14. The predicted molar refractivity (Wildman–Crippen MR) is 67.4 cm³/mol. The number of benzene rings is 1. The van der Waals surface area contributed by atoms with Crippen LogP contribution < -0.4 is 5.32 Å². The SMILES string of the molecule is CCCCCSC(=O)Nc1ccccc1. The molecule has 15 heavy (non-hydrogen) atoms. The smallest absolute Gasteiger partial charge is 0.283 e. The third-order valence-corrected chi connectivity index (χ3v) is 2.86. The van der Waals surface area contributed by atoms with Crippen LogP contribution in [0.5, 0.6) is 0 Å². The van der Waals surface area contributed by atoms with E-state index in [2.05, 4.69) is 12.2 Å². The second-order valence-corrected chi connectivity index (χ2v) is 4.40. The highest BCUT2D eigenvalue weighted by atomic mass is 32.2. The Morgan fingerprint density at radius 3 is 2.67 bits per heavy atom. The number of carbonyl (C=O) groups is 1. The molecular weight excluding hydrogens is 206 g/mol. The fourth-order valence-corrected chi connectivity index (χ4v) is 1.92. The molecule has 1 rings (SSSR count). The lowest BCUT2D eigenvalue weighted by molar-refractivity contribution is 0.270. The Balaban J connectivity index is 2.19. The molecule has 82 valence electrons. The van der Waals surface area contributed by atoms with Gasteiger partial charge in [0.05, 0.1) is 0 Å². The van der Waals surface area contributed by atoms with Crippen molar-refractivity contribution in [3.05, 3.63) is 30.3 Å². The Bertz CT molecular complexity index is 287. The van der Waals surface area contributed by atoms with E-state index in [-0.39, 0.29) is 5.24 Å². The Hall–Kier alpha value is -0.960. The van der Waals surface area contributed by atoms with Crippen LogP contribution in [0, 0.1) is 0 Å². The van der Waals surface area contributed by atoms with Gasteiger partial charge in [0.15, 0.2) is 0 Å². The zero-order chi connectivity index (χ0) is 10.9. The first-order valence-corrected chi connectivity index (χ1v) is 6.30. The monoisotopic (exact) mass is 223 g/mol. The molecular formula is C12H17NOS. The highest BCUT2D eigenvalue weighted by Gasteiger charge is 2.01. The summed E-state index contributed by atoms with van der Waals surface area (Å²) in [6, 6.07) is 9.55. The third kappa shape index (κ3) is 5.47. The van der Waals surface area contributed by atoms with Gasteiger partial charge in [0.1, 0.15) is 0 Å². The van der Waals surface area contributed by atoms with E-state index in [0.717, 1.165) is 17.9 Å². The second kappa shape index (κ2) is 7.35. The number of amides is 1. The summed E-state index contributed by atoms with van der Waals surface area (Å²) in [6.45, 7) is 2.16. The molecule has 0 aliphatic heterocycles. The summed E-state index contributed by atoms with van der Waals surface area (Å²) in [5, 5.41) is 2.88. The van der Waals surface area contributed by atoms with Crippen molar-refractivity contribution in [1.82, 2.24) is 0 Å². The molecule has 0 bridgehead atoms. The maximum Gasteiger partial charge on any atom is 0.283 e. The summed E-state index contributed by atoms with van der Waals surface area (Å²) < 4.78 is 0. The second-order valence-electron chi connectivity index (χ2n) is 3.33. The van der Waals surface area contributed by atoms with Crippen LogP contribution >= 0.6 is 11.8 Å². The molecule has 1 N–H and O–H groups in total. The molecule has 0 saturated carbocycles. The van der Waals surface area contributed by atoms with Gasteiger partial charge in [-0.25, -0.2) is 0 Å². The van der Waals surface area contributed by atoms with E-state index in [4.69, 9.17) is 0 Å². The van der Waals surface area contributed by atoms with Gasteiger partial charge in [-0.2, -0.15) is 0 Å². The quantitative estimate of drug-likeness (QED) is 0.760. The Morgan fingerprint density at radius 1 is 1.27 bits per heavy atom. The van der Waals surface area contributed by atoms with E-state index in [1.54, 1.807) is 0 Å². The van der Waals surface area contributed by atoms with Gasteiger partial charge in [-0.15, -0.1) is 0 Å². The van der Waals surface area contributed by atoms with Gasteiger partial charge in [0.2, 0.25) is 0 Å². The number of unbranched alkanes of at least 4 members (excludes halogenated alkanes) is 2. The molecule has 2 nitrogen and oxygen atoms in total. The van der Waals surface area contributed by atoms with E-state index in [1.807, 2.05) is 30.3 Å². The van der Waals surface area contributed by atoms with Crippen molar-refractivity contribution >= 4 is 22.7 Å². The lowest BCUT2D eigenvalue weighted by Gasteiger charge is -2.03. The van der Waals surface area contributed by atoms with Crippen LogP contribution in [0.2, 0.25) is 0 Å². The van der Waals surface area contributed by atoms with Crippen molar-refractivity contribution in [3.63, 3.8) is 0 Å². The molecule has 1 aromatic carbocycles. The normalized spacial score (nSPS) is 9.93. The fraction of sp³-hybridized carbons (Fsp3) is 0.417. The average molecular weight is 223 g/mol. The molecule has 1 amide bonds. The van der Waals surface area contributed by atoms with Crippen molar-refractivity contribution in [2.75, 3.05) is 11.1 Å². The van der Waals surface area contributed by atoms with E-state index < -0.39 is 0 Å². The maximum atomic E-state index is 11.4. The van der Waals surface area contributed by atoms with Gasteiger partial charge >= 0.3 is 0 Å². The van der Waals surface area contributed by atoms with E-state index >= 15 is 0 Å². The first-order valence-electron chi connectivity index (χ1n) is 5.31. The highest BCUT2D eigenvalue weighted by Crippen LogP contribution is 2.12. The van der Waals surface area contributed by atoms with Gasteiger partial charge < -0.3 is 5.32 Å². The minimum Gasteiger partial charge on any atom is -0.317 e. The maximum absolute atomic E-state index is 11.4. The topological polar surface area (TPSA) is 29.1 Å². The average Bonchev–Trinajstić information content (AvgIpc) is 2.26. The van der Waals surface area contributed by atoms with Gasteiger partial charge in [-0.3, -0.25) is 4.79 Å².